The van der Waals surface area contributed by atoms with E-state index in [1.165, 1.54) is 10.3 Å². The van der Waals surface area contributed by atoms with Crippen molar-refractivity contribution in [3.05, 3.63) is 10.9 Å². The smallest absolute Gasteiger partial charge is 0.225 e. The van der Waals surface area contributed by atoms with Crippen molar-refractivity contribution >= 4 is 39.3 Å². The minimum Gasteiger partial charge on any atom is -0.385 e. The molecule has 0 aromatic carbocycles. The summed E-state index contributed by atoms with van der Waals surface area (Å²) in [6, 6.07) is 2.23. The SMILES string of the molecule is CCNc1nc(SCCCOC)c2cc(CC)sc2n1. The number of hydrogen-bond donors (Lipinski definition) is 1. The van der Waals surface area contributed by atoms with E-state index in [2.05, 4.69) is 35.2 Å². The van der Waals surface area contributed by atoms with Crippen LogP contribution >= 0.6 is 23.1 Å². The first kappa shape index (κ1) is 15.5. The first-order valence-corrected chi connectivity index (χ1v) is 8.74. The molecule has 0 radical (unpaired) electrons. The number of ether oxygens (including phenoxy) is 1. The number of anilines is 1. The first-order chi connectivity index (χ1) is 9.78. The van der Waals surface area contributed by atoms with Crippen molar-refractivity contribution in [2.45, 2.75) is 31.7 Å². The van der Waals surface area contributed by atoms with Crippen LogP contribution in [0, 0.1) is 0 Å². The molecule has 2 rings (SSSR count). The van der Waals surface area contributed by atoms with Crippen LogP contribution in [0.2, 0.25) is 0 Å². The number of thioether (sulfide) groups is 1. The summed E-state index contributed by atoms with van der Waals surface area (Å²) in [5, 5.41) is 5.49. The molecule has 110 valence electrons. The van der Waals surface area contributed by atoms with E-state index < -0.39 is 0 Å². The molecule has 4 nitrogen and oxygen atoms in total. The summed E-state index contributed by atoms with van der Waals surface area (Å²) in [5.74, 6) is 1.75. The Bertz CT molecular complexity index is 557. The lowest BCUT2D eigenvalue weighted by molar-refractivity contribution is 0.200. The Balaban J connectivity index is 2.25. The van der Waals surface area contributed by atoms with Gasteiger partial charge in [-0.15, -0.1) is 23.1 Å². The number of thiophene rings is 1. The number of rotatable bonds is 8. The van der Waals surface area contributed by atoms with Gasteiger partial charge >= 0.3 is 0 Å². The van der Waals surface area contributed by atoms with Crippen molar-refractivity contribution in [1.82, 2.24) is 9.97 Å². The van der Waals surface area contributed by atoms with E-state index in [0.29, 0.717) is 0 Å². The lowest BCUT2D eigenvalue weighted by Gasteiger charge is -2.06. The van der Waals surface area contributed by atoms with Crippen LogP contribution in [0.15, 0.2) is 11.1 Å². The van der Waals surface area contributed by atoms with Crippen molar-refractivity contribution in [2.75, 3.05) is 31.3 Å². The summed E-state index contributed by atoms with van der Waals surface area (Å²) in [4.78, 5) is 11.7. The summed E-state index contributed by atoms with van der Waals surface area (Å²) in [5.41, 5.74) is 0. The second-order valence-electron chi connectivity index (χ2n) is 4.36. The Kier molecular flexibility index (Phi) is 6.06. The second kappa shape index (κ2) is 7.81. The Hall–Kier alpha value is -0.850. The van der Waals surface area contributed by atoms with Crippen LogP contribution in [0.25, 0.3) is 10.2 Å². The number of aryl methyl sites for hydroxylation is 1. The van der Waals surface area contributed by atoms with Gasteiger partial charge in [0.05, 0.1) is 0 Å². The maximum absolute atomic E-state index is 5.09. The van der Waals surface area contributed by atoms with Gasteiger partial charge in [0.25, 0.3) is 0 Å². The van der Waals surface area contributed by atoms with Crippen LogP contribution < -0.4 is 5.32 Å². The predicted octanol–water partition coefficient (Wildman–Crippen LogP) is 3.81. The van der Waals surface area contributed by atoms with Crippen LogP contribution in [-0.4, -0.2) is 36.0 Å². The molecular formula is C14H21N3OS2. The van der Waals surface area contributed by atoms with Gasteiger partial charge in [0.2, 0.25) is 5.95 Å². The van der Waals surface area contributed by atoms with E-state index in [9.17, 15) is 0 Å². The number of hydrogen-bond acceptors (Lipinski definition) is 6. The molecule has 0 aliphatic carbocycles. The lowest BCUT2D eigenvalue weighted by Crippen LogP contribution is -2.02. The number of nitrogens with zero attached hydrogens (tertiary/aromatic N) is 2. The predicted molar refractivity (Wildman–Crippen MR) is 88.2 cm³/mol. The van der Waals surface area contributed by atoms with Crippen LogP contribution in [0.5, 0.6) is 0 Å². The molecule has 1 N–H and O–H groups in total. The average molecular weight is 311 g/mol. The minimum atomic E-state index is 0.735. The molecule has 2 aromatic heterocycles. The fraction of sp³-hybridized carbons (Fsp3) is 0.571. The largest absolute Gasteiger partial charge is 0.385 e. The van der Waals surface area contributed by atoms with E-state index in [1.807, 2.05) is 0 Å². The van der Waals surface area contributed by atoms with E-state index in [1.54, 1.807) is 30.2 Å². The number of aromatic nitrogens is 2. The zero-order valence-corrected chi connectivity index (χ0v) is 13.9. The molecule has 0 saturated heterocycles. The third kappa shape index (κ3) is 3.84. The molecule has 2 heterocycles. The summed E-state index contributed by atoms with van der Waals surface area (Å²) in [6.45, 7) is 5.87. The maximum Gasteiger partial charge on any atom is 0.225 e. The normalized spacial score (nSPS) is 11.2. The van der Waals surface area contributed by atoms with Gasteiger partial charge in [-0.1, -0.05) is 6.92 Å². The van der Waals surface area contributed by atoms with E-state index in [4.69, 9.17) is 4.74 Å². The average Bonchev–Trinajstić information content (AvgIpc) is 2.87. The molecule has 2 aromatic rings. The lowest BCUT2D eigenvalue weighted by atomic mass is 10.3. The van der Waals surface area contributed by atoms with E-state index in [0.717, 1.165) is 47.6 Å². The van der Waals surface area contributed by atoms with Crippen LogP contribution in [0.1, 0.15) is 25.1 Å². The van der Waals surface area contributed by atoms with Crippen LogP contribution in [0.4, 0.5) is 5.95 Å². The van der Waals surface area contributed by atoms with Crippen molar-refractivity contribution in [1.29, 1.82) is 0 Å². The maximum atomic E-state index is 5.09. The Morgan fingerprint density at radius 3 is 2.90 bits per heavy atom. The monoisotopic (exact) mass is 311 g/mol. The molecule has 0 saturated carbocycles. The van der Waals surface area contributed by atoms with Gasteiger partial charge in [0.1, 0.15) is 9.86 Å². The van der Waals surface area contributed by atoms with Crippen molar-refractivity contribution in [3.8, 4) is 0 Å². The molecular weight excluding hydrogens is 290 g/mol. The second-order valence-corrected chi connectivity index (χ2v) is 6.56. The van der Waals surface area contributed by atoms with Gasteiger partial charge < -0.3 is 10.1 Å². The number of fused-ring (bicyclic) bond motifs is 1. The van der Waals surface area contributed by atoms with Crippen molar-refractivity contribution < 1.29 is 4.74 Å². The minimum absolute atomic E-state index is 0.735. The molecule has 6 heteroatoms. The molecule has 20 heavy (non-hydrogen) atoms. The molecule has 0 fully saturated rings. The molecule has 0 atom stereocenters. The summed E-state index contributed by atoms with van der Waals surface area (Å²) < 4.78 is 5.09. The molecule has 0 aliphatic rings. The van der Waals surface area contributed by atoms with Crippen molar-refractivity contribution in [2.24, 2.45) is 0 Å². The fourth-order valence-corrected chi connectivity index (χ4v) is 3.79. The third-order valence-corrected chi connectivity index (χ3v) is 5.07. The highest BCUT2D eigenvalue weighted by Gasteiger charge is 2.11. The molecule has 0 unspecified atom stereocenters. The van der Waals surface area contributed by atoms with Gasteiger partial charge in [-0.25, -0.2) is 9.97 Å². The van der Waals surface area contributed by atoms with Crippen LogP contribution in [0.3, 0.4) is 0 Å². The first-order valence-electron chi connectivity index (χ1n) is 6.94. The quantitative estimate of drug-likeness (QED) is 0.456. The highest BCUT2D eigenvalue weighted by molar-refractivity contribution is 7.99. The Morgan fingerprint density at radius 2 is 2.20 bits per heavy atom. The van der Waals surface area contributed by atoms with Crippen LogP contribution in [-0.2, 0) is 11.2 Å². The summed E-state index contributed by atoms with van der Waals surface area (Å²) in [7, 11) is 1.74. The standard InChI is InChI=1S/C14H21N3OS2/c1-4-10-9-11-12(19-8-6-7-18-3)16-14(15-5-2)17-13(11)20-10/h9H,4-8H2,1-3H3,(H,15,16,17). The van der Waals surface area contributed by atoms with Gasteiger partial charge in [-0.2, -0.15) is 0 Å². The number of methoxy groups -OCH3 is 1. The zero-order valence-electron chi connectivity index (χ0n) is 12.2. The molecule has 0 aliphatic heterocycles. The number of nitrogens with one attached hydrogen (secondary N) is 1. The van der Waals surface area contributed by atoms with Gasteiger partial charge in [-0.05, 0) is 25.8 Å². The summed E-state index contributed by atoms with van der Waals surface area (Å²) in [6.07, 6.45) is 2.08. The van der Waals surface area contributed by atoms with Crippen molar-refractivity contribution in [3.63, 3.8) is 0 Å². The highest BCUT2D eigenvalue weighted by atomic mass is 32.2. The third-order valence-electron chi connectivity index (χ3n) is 2.82. The Labute approximate surface area is 128 Å². The van der Waals surface area contributed by atoms with Gasteiger partial charge in [0, 0.05) is 36.3 Å². The molecule has 0 spiro atoms. The molecule has 0 amide bonds. The van der Waals surface area contributed by atoms with E-state index >= 15 is 0 Å². The van der Waals surface area contributed by atoms with Gasteiger partial charge in [0.15, 0.2) is 0 Å². The highest BCUT2D eigenvalue weighted by Crippen LogP contribution is 2.32. The van der Waals surface area contributed by atoms with Gasteiger partial charge in [-0.3, -0.25) is 0 Å². The summed E-state index contributed by atoms with van der Waals surface area (Å²) >= 11 is 3.56. The molecule has 0 bridgehead atoms. The fourth-order valence-electron chi connectivity index (χ4n) is 1.84. The Morgan fingerprint density at radius 1 is 1.35 bits per heavy atom. The topological polar surface area (TPSA) is 47.0 Å². The zero-order chi connectivity index (χ0) is 14.4. The van der Waals surface area contributed by atoms with E-state index in [-0.39, 0.29) is 0 Å².